The molecule has 48 heavy (non-hydrogen) atoms. The predicted molar refractivity (Wildman–Crippen MR) is 171 cm³/mol. The molecule has 0 aliphatic carbocycles. The number of nitrogens with one attached hydrogen (secondary N) is 2. The van der Waals surface area contributed by atoms with Crippen molar-refractivity contribution in [2.75, 3.05) is 26.6 Å². The fraction of sp³-hybridized carbons (Fsp3) is 0.188. The average molecular weight is 680 g/mol. The fourth-order valence-electron chi connectivity index (χ4n) is 4.50. The molecule has 0 radical (unpaired) electrons. The Labute approximate surface area is 276 Å². The van der Waals surface area contributed by atoms with Crippen LogP contribution < -0.4 is 24.2 Å². The smallest absolute Gasteiger partial charge is 0.435 e. The molecule has 0 atom stereocenters. The van der Waals surface area contributed by atoms with Gasteiger partial charge in [0, 0.05) is 63.6 Å². The summed E-state index contributed by atoms with van der Waals surface area (Å²) in [5, 5.41) is 6.82. The largest absolute Gasteiger partial charge is 0.497 e. The second kappa shape index (κ2) is 14.0. The summed E-state index contributed by atoms with van der Waals surface area (Å²) >= 11 is 0.984. The van der Waals surface area contributed by atoms with Gasteiger partial charge in [0.2, 0.25) is 11.8 Å². The number of ketones is 1. The van der Waals surface area contributed by atoms with Crippen LogP contribution >= 0.6 is 11.9 Å². The molecule has 0 spiro atoms. The normalized spacial score (nSPS) is 11.2. The van der Waals surface area contributed by atoms with Crippen LogP contribution in [0, 0.1) is 6.92 Å². The Morgan fingerprint density at radius 1 is 0.917 bits per heavy atom. The highest BCUT2D eigenvalue weighted by Crippen LogP contribution is 2.34. The summed E-state index contributed by atoms with van der Waals surface area (Å²) in [6.07, 6.45) is -1.95. The number of carbonyl (C=O) groups is 2. The zero-order valence-electron chi connectivity index (χ0n) is 26.2. The van der Waals surface area contributed by atoms with Crippen LogP contribution in [0.15, 0.2) is 71.9 Å². The lowest BCUT2D eigenvalue weighted by Crippen LogP contribution is -2.17. The van der Waals surface area contributed by atoms with Crippen LogP contribution in [0.1, 0.15) is 39.0 Å². The molecule has 3 heterocycles. The van der Waals surface area contributed by atoms with Crippen LogP contribution in [0.3, 0.4) is 0 Å². The van der Waals surface area contributed by atoms with Crippen LogP contribution in [0.5, 0.6) is 17.4 Å². The predicted octanol–water partition coefficient (Wildman–Crippen LogP) is 6.46. The van der Waals surface area contributed by atoms with Gasteiger partial charge in [-0.3, -0.25) is 14.3 Å². The summed E-state index contributed by atoms with van der Waals surface area (Å²) in [5.74, 6) is 0.246. The van der Waals surface area contributed by atoms with Gasteiger partial charge in [0.05, 0.1) is 21.3 Å². The quantitative estimate of drug-likeness (QED) is 0.117. The van der Waals surface area contributed by atoms with Crippen molar-refractivity contribution < 1.29 is 37.0 Å². The Kier molecular flexibility index (Phi) is 9.84. The molecule has 3 aromatic heterocycles. The molecule has 2 aromatic carbocycles. The number of methoxy groups -OCH3 is 3. The number of aromatic nitrogens is 5. The first kappa shape index (κ1) is 33.7. The first-order chi connectivity index (χ1) is 22.9. The van der Waals surface area contributed by atoms with Gasteiger partial charge in [0.1, 0.15) is 17.1 Å². The van der Waals surface area contributed by atoms with E-state index < -0.39 is 17.8 Å². The number of hydrogen-bond donors (Lipinski definition) is 2. The van der Waals surface area contributed by atoms with Crippen molar-refractivity contribution in [3.05, 3.63) is 89.5 Å². The number of benzene rings is 2. The third kappa shape index (κ3) is 7.49. The number of alkyl halides is 3. The second-order valence-electron chi connectivity index (χ2n) is 10.1. The van der Waals surface area contributed by atoms with Crippen molar-refractivity contribution in [2.24, 2.45) is 0 Å². The Morgan fingerprint density at radius 3 is 2.27 bits per heavy atom. The van der Waals surface area contributed by atoms with Gasteiger partial charge in [0.25, 0.3) is 5.91 Å². The number of pyridine rings is 1. The maximum absolute atomic E-state index is 13.7. The number of anilines is 2. The number of amides is 1. The van der Waals surface area contributed by atoms with E-state index in [2.05, 4.69) is 30.1 Å². The topological polar surface area (TPSA) is 142 Å². The molecule has 0 aliphatic rings. The molecule has 16 heteroatoms. The van der Waals surface area contributed by atoms with E-state index >= 15 is 0 Å². The number of halogens is 3. The maximum Gasteiger partial charge on any atom is 0.435 e. The van der Waals surface area contributed by atoms with Crippen molar-refractivity contribution in [1.82, 2.24) is 29.5 Å². The number of hydrogen-bond acceptors (Lipinski definition) is 11. The molecule has 1 amide bonds. The van der Waals surface area contributed by atoms with E-state index in [4.69, 9.17) is 14.2 Å². The molecule has 2 N–H and O–H groups in total. The third-order valence-electron chi connectivity index (χ3n) is 6.86. The number of nitrogens with zero attached hydrogens (tertiary/aromatic N) is 5. The lowest BCUT2D eigenvalue weighted by molar-refractivity contribution is -0.141. The third-order valence-corrected chi connectivity index (χ3v) is 7.63. The molecule has 0 bridgehead atoms. The molecule has 12 nitrogen and oxygen atoms in total. The van der Waals surface area contributed by atoms with E-state index in [1.54, 1.807) is 42.5 Å². The maximum atomic E-state index is 13.7. The van der Waals surface area contributed by atoms with Crippen LogP contribution in [0.2, 0.25) is 0 Å². The molecule has 0 fully saturated rings. The van der Waals surface area contributed by atoms with E-state index in [1.807, 2.05) is 0 Å². The minimum Gasteiger partial charge on any atom is -0.497 e. The summed E-state index contributed by atoms with van der Waals surface area (Å²) in [5.41, 5.74) is 0.515. The van der Waals surface area contributed by atoms with Crippen molar-refractivity contribution in [2.45, 2.75) is 24.9 Å². The highest BCUT2D eigenvalue weighted by Gasteiger charge is 2.35. The lowest BCUT2D eigenvalue weighted by Gasteiger charge is -2.15. The Hall–Kier alpha value is -5.64. The van der Waals surface area contributed by atoms with Crippen LogP contribution in [-0.2, 0) is 6.18 Å². The van der Waals surface area contributed by atoms with Gasteiger partial charge in [-0.05, 0) is 50.1 Å². The molecule has 0 aliphatic heterocycles. The molecule has 0 saturated heterocycles. The number of aryl methyl sites for hydroxylation is 1. The molecule has 5 rings (SSSR count). The van der Waals surface area contributed by atoms with Crippen LogP contribution in [0.25, 0.3) is 16.9 Å². The molecule has 248 valence electrons. The van der Waals surface area contributed by atoms with Gasteiger partial charge in [-0.1, -0.05) is 12.1 Å². The Bertz CT molecular complexity index is 1980. The van der Waals surface area contributed by atoms with E-state index in [0.717, 1.165) is 22.7 Å². The molecule has 0 unspecified atom stereocenters. The average Bonchev–Trinajstić information content (AvgIpc) is 3.48. The summed E-state index contributed by atoms with van der Waals surface area (Å²) in [6, 6.07) is 14.1. The number of carbonyl (C=O) groups excluding carboxylic acids is 2. The summed E-state index contributed by atoms with van der Waals surface area (Å²) < 4.78 is 60.7. The zero-order chi connectivity index (χ0) is 34.6. The van der Waals surface area contributed by atoms with E-state index in [9.17, 15) is 22.8 Å². The SMILES string of the molecule is COc1cc(Nc2ncc(-c3cnc(OC)c(C(=O)NSc4cccc(C(C)=O)c4)c3)c(-n3nc(C(F)(F)F)cc3C)n2)cc(OC)c1. The Balaban J connectivity index is 1.56. The molecular formula is C32H28F3N7O5S. The molecule has 5 aromatic rings. The highest BCUT2D eigenvalue weighted by atomic mass is 32.2. The fourth-order valence-corrected chi connectivity index (χ4v) is 5.15. The lowest BCUT2D eigenvalue weighted by atomic mass is 10.1. The summed E-state index contributed by atoms with van der Waals surface area (Å²) in [7, 11) is 4.32. The second-order valence-corrected chi connectivity index (χ2v) is 11.0. The minimum atomic E-state index is -4.71. The first-order valence-corrected chi connectivity index (χ1v) is 14.9. The van der Waals surface area contributed by atoms with Crippen LogP contribution in [0.4, 0.5) is 24.8 Å². The highest BCUT2D eigenvalue weighted by molar-refractivity contribution is 7.98. The zero-order valence-corrected chi connectivity index (χ0v) is 27.0. The van der Waals surface area contributed by atoms with E-state index in [1.165, 1.54) is 53.6 Å². The van der Waals surface area contributed by atoms with E-state index in [-0.39, 0.29) is 45.8 Å². The molecular weight excluding hydrogens is 651 g/mol. The van der Waals surface area contributed by atoms with Gasteiger partial charge < -0.3 is 19.5 Å². The van der Waals surface area contributed by atoms with Crippen molar-refractivity contribution in [1.29, 1.82) is 0 Å². The standard InChI is InChI=1S/C32H28F3N7O5S/c1-17-9-27(32(33,34)35)40-42(17)28-26(16-37-31(39-28)38-21-12-22(45-3)14-23(13-21)46-4)20-11-25(30(47-5)36-15-20)29(44)41-48-24-8-6-7-19(10-24)18(2)43/h6-16H,1-5H3,(H,41,44)(H,37,38,39). The van der Waals surface area contributed by atoms with Gasteiger partial charge in [0.15, 0.2) is 17.3 Å². The van der Waals surface area contributed by atoms with Crippen molar-refractivity contribution >= 4 is 35.3 Å². The number of ether oxygens (including phenoxy) is 3. The van der Waals surface area contributed by atoms with Crippen molar-refractivity contribution in [3.63, 3.8) is 0 Å². The monoisotopic (exact) mass is 679 g/mol. The van der Waals surface area contributed by atoms with Crippen LogP contribution in [-0.4, -0.2) is 57.8 Å². The van der Waals surface area contributed by atoms with Gasteiger partial charge in [-0.15, -0.1) is 0 Å². The number of Topliss-reactive ketones (excluding diaryl/α,β-unsaturated/α-hetero) is 1. The van der Waals surface area contributed by atoms with Gasteiger partial charge in [-0.25, -0.2) is 14.6 Å². The summed E-state index contributed by atoms with van der Waals surface area (Å²) in [6.45, 7) is 2.90. The summed E-state index contributed by atoms with van der Waals surface area (Å²) in [4.78, 5) is 38.9. The van der Waals surface area contributed by atoms with Gasteiger partial charge in [-0.2, -0.15) is 23.3 Å². The Morgan fingerprint density at radius 2 is 1.65 bits per heavy atom. The van der Waals surface area contributed by atoms with Gasteiger partial charge >= 0.3 is 6.18 Å². The first-order valence-electron chi connectivity index (χ1n) is 14.0. The van der Waals surface area contributed by atoms with E-state index in [0.29, 0.717) is 27.6 Å². The van der Waals surface area contributed by atoms with Crippen molar-refractivity contribution in [3.8, 4) is 34.3 Å². The minimum absolute atomic E-state index is 0.00306. The number of rotatable bonds is 11. The molecule has 0 saturated carbocycles.